The van der Waals surface area contributed by atoms with E-state index in [1.165, 1.54) is 16.9 Å². The van der Waals surface area contributed by atoms with E-state index >= 15 is 0 Å². The number of anilines is 1. The van der Waals surface area contributed by atoms with Crippen LogP contribution in [0.4, 0.5) is 5.00 Å². The number of primary amides is 1. The minimum absolute atomic E-state index is 0.111. The first-order valence-corrected chi connectivity index (χ1v) is 10.7. The van der Waals surface area contributed by atoms with E-state index in [4.69, 9.17) is 10.5 Å². The van der Waals surface area contributed by atoms with Crippen LogP contribution in [0.3, 0.4) is 0 Å². The van der Waals surface area contributed by atoms with Gasteiger partial charge < -0.3 is 15.8 Å². The summed E-state index contributed by atoms with van der Waals surface area (Å²) >= 11 is 1.46. The lowest BCUT2D eigenvalue weighted by Crippen LogP contribution is -2.22. The molecule has 2 amide bonds. The fourth-order valence-electron chi connectivity index (χ4n) is 3.54. The van der Waals surface area contributed by atoms with Gasteiger partial charge in [-0.1, -0.05) is 32.9 Å². The highest BCUT2D eigenvalue weighted by Crippen LogP contribution is 2.39. The molecule has 28 heavy (non-hydrogen) atoms. The maximum atomic E-state index is 12.4. The molecule has 3 rings (SSSR count). The average Bonchev–Trinajstić information content (AvgIpc) is 3.03. The summed E-state index contributed by atoms with van der Waals surface area (Å²) in [6.07, 6.45) is 3.87. The monoisotopic (exact) mass is 400 g/mol. The fourth-order valence-corrected chi connectivity index (χ4v) is 4.97. The van der Waals surface area contributed by atoms with Gasteiger partial charge in [-0.2, -0.15) is 0 Å². The molecule has 2 aromatic rings. The van der Waals surface area contributed by atoms with Gasteiger partial charge in [-0.05, 0) is 60.8 Å². The third-order valence-corrected chi connectivity index (χ3v) is 6.61. The molecule has 1 aliphatic rings. The number of hydrogen-bond acceptors (Lipinski definition) is 4. The molecule has 2 atom stereocenters. The fraction of sp³-hybridized carbons (Fsp3) is 0.455. The lowest BCUT2D eigenvalue weighted by molar-refractivity contribution is -0.118. The van der Waals surface area contributed by atoms with Crippen LogP contribution in [0.5, 0.6) is 5.75 Å². The van der Waals surface area contributed by atoms with Crippen LogP contribution in [0.25, 0.3) is 0 Å². The number of benzene rings is 1. The summed E-state index contributed by atoms with van der Waals surface area (Å²) in [5, 5.41) is 3.38. The Hall–Kier alpha value is -2.34. The Balaban J connectivity index is 1.64. The van der Waals surface area contributed by atoms with Gasteiger partial charge in [0.25, 0.3) is 11.8 Å². The minimum Gasteiger partial charge on any atom is -0.484 e. The SMILES string of the molecule is CCC(C)c1ccc(OCC(=O)Nc2sc3c(c2C(N)=O)CCC(C)C3)cc1. The van der Waals surface area contributed by atoms with Crippen molar-refractivity contribution in [1.29, 1.82) is 0 Å². The largest absolute Gasteiger partial charge is 0.484 e. The molecule has 0 bridgehead atoms. The Morgan fingerprint density at radius 2 is 2.04 bits per heavy atom. The van der Waals surface area contributed by atoms with Gasteiger partial charge >= 0.3 is 0 Å². The maximum Gasteiger partial charge on any atom is 0.262 e. The molecule has 3 N–H and O–H groups in total. The second kappa shape index (κ2) is 8.78. The minimum atomic E-state index is -0.482. The number of fused-ring (bicyclic) bond motifs is 1. The summed E-state index contributed by atoms with van der Waals surface area (Å²) < 4.78 is 5.60. The molecule has 1 aliphatic carbocycles. The summed E-state index contributed by atoms with van der Waals surface area (Å²) in [7, 11) is 0. The third-order valence-electron chi connectivity index (χ3n) is 5.44. The quantitative estimate of drug-likeness (QED) is 0.718. The molecule has 5 nitrogen and oxygen atoms in total. The Bertz CT molecular complexity index is 857. The highest BCUT2D eigenvalue weighted by molar-refractivity contribution is 7.17. The lowest BCUT2D eigenvalue weighted by Gasteiger charge is -2.18. The lowest BCUT2D eigenvalue weighted by atomic mass is 9.88. The number of carbonyl (C=O) groups is 2. The van der Waals surface area contributed by atoms with Crippen molar-refractivity contribution in [2.24, 2.45) is 11.7 Å². The van der Waals surface area contributed by atoms with Crippen LogP contribution < -0.4 is 15.8 Å². The predicted molar refractivity (Wildman–Crippen MR) is 113 cm³/mol. The van der Waals surface area contributed by atoms with Gasteiger partial charge in [-0.15, -0.1) is 11.3 Å². The number of rotatable bonds is 7. The summed E-state index contributed by atoms with van der Waals surface area (Å²) in [5.74, 6) is 0.954. The Kier molecular flexibility index (Phi) is 6.39. The molecule has 0 fully saturated rings. The van der Waals surface area contributed by atoms with E-state index in [1.54, 1.807) is 0 Å². The molecule has 2 unspecified atom stereocenters. The molecule has 0 saturated heterocycles. The molecule has 0 aliphatic heterocycles. The highest BCUT2D eigenvalue weighted by atomic mass is 32.1. The van der Waals surface area contributed by atoms with E-state index in [0.29, 0.717) is 28.1 Å². The van der Waals surface area contributed by atoms with E-state index in [9.17, 15) is 9.59 Å². The number of thiophene rings is 1. The summed E-state index contributed by atoms with van der Waals surface area (Å²) in [6.45, 7) is 6.43. The van der Waals surface area contributed by atoms with Crippen molar-refractivity contribution >= 4 is 28.2 Å². The molecular formula is C22H28N2O3S. The zero-order valence-corrected chi connectivity index (χ0v) is 17.5. The van der Waals surface area contributed by atoms with Crippen LogP contribution in [-0.2, 0) is 17.6 Å². The first-order valence-electron chi connectivity index (χ1n) is 9.86. The van der Waals surface area contributed by atoms with Crippen molar-refractivity contribution < 1.29 is 14.3 Å². The van der Waals surface area contributed by atoms with Gasteiger partial charge in [0, 0.05) is 4.88 Å². The van der Waals surface area contributed by atoms with Crippen LogP contribution in [-0.4, -0.2) is 18.4 Å². The molecule has 0 saturated carbocycles. The molecule has 1 aromatic carbocycles. The summed E-state index contributed by atoms with van der Waals surface area (Å²) in [4.78, 5) is 25.5. The van der Waals surface area contributed by atoms with Crippen LogP contribution >= 0.6 is 11.3 Å². The van der Waals surface area contributed by atoms with Crippen molar-refractivity contribution in [3.63, 3.8) is 0 Å². The number of amides is 2. The summed E-state index contributed by atoms with van der Waals surface area (Å²) in [5.41, 5.74) is 8.32. The van der Waals surface area contributed by atoms with Crippen LogP contribution in [0.2, 0.25) is 0 Å². The van der Waals surface area contributed by atoms with Gasteiger partial charge in [0.1, 0.15) is 10.8 Å². The number of nitrogens with one attached hydrogen (secondary N) is 1. The maximum absolute atomic E-state index is 12.4. The van der Waals surface area contributed by atoms with Crippen LogP contribution in [0, 0.1) is 5.92 Å². The van der Waals surface area contributed by atoms with Crippen LogP contribution in [0.1, 0.15) is 65.9 Å². The molecule has 0 spiro atoms. The second-order valence-electron chi connectivity index (χ2n) is 7.64. The van der Waals surface area contributed by atoms with Gasteiger partial charge in [0.15, 0.2) is 6.61 Å². The smallest absolute Gasteiger partial charge is 0.262 e. The van der Waals surface area contributed by atoms with Crippen molar-refractivity contribution in [2.45, 2.75) is 52.4 Å². The van der Waals surface area contributed by atoms with Gasteiger partial charge in [-0.3, -0.25) is 9.59 Å². The van der Waals surface area contributed by atoms with Gasteiger partial charge in [0.05, 0.1) is 5.56 Å². The Morgan fingerprint density at radius 3 is 2.68 bits per heavy atom. The predicted octanol–water partition coefficient (Wildman–Crippen LogP) is 4.50. The molecule has 6 heteroatoms. The number of nitrogens with two attached hydrogens (primary N) is 1. The number of ether oxygens (including phenoxy) is 1. The second-order valence-corrected chi connectivity index (χ2v) is 8.74. The van der Waals surface area contributed by atoms with E-state index in [1.807, 2.05) is 24.3 Å². The highest BCUT2D eigenvalue weighted by Gasteiger charge is 2.27. The molecule has 1 heterocycles. The molecule has 0 radical (unpaired) electrons. The van der Waals surface area contributed by atoms with E-state index in [0.717, 1.165) is 36.1 Å². The average molecular weight is 401 g/mol. The zero-order chi connectivity index (χ0) is 20.3. The van der Waals surface area contributed by atoms with Crippen LogP contribution in [0.15, 0.2) is 24.3 Å². The standard InChI is InChI=1S/C22H28N2O3S/c1-4-14(3)15-6-8-16(9-7-15)27-12-19(25)24-22-20(21(23)26)17-10-5-13(2)11-18(17)28-22/h6-9,13-14H,4-5,10-12H2,1-3H3,(H2,23,26)(H,24,25). The van der Waals surface area contributed by atoms with Crippen molar-refractivity contribution in [2.75, 3.05) is 11.9 Å². The number of hydrogen-bond donors (Lipinski definition) is 2. The van der Waals surface area contributed by atoms with Crippen molar-refractivity contribution in [1.82, 2.24) is 0 Å². The van der Waals surface area contributed by atoms with Gasteiger partial charge in [-0.25, -0.2) is 0 Å². The van der Waals surface area contributed by atoms with Crippen molar-refractivity contribution in [3.8, 4) is 5.75 Å². The molecular weight excluding hydrogens is 372 g/mol. The first-order chi connectivity index (χ1) is 13.4. The number of carbonyl (C=O) groups excluding carboxylic acids is 2. The first kappa shape index (κ1) is 20.4. The van der Waals surface area contributed by atoms with E-state index in [-0.39, 0.29) is 12.5 Å². The third kappa shape index (κ3) is 4.55. The Morgan fingerprint density at radius 1 is 1.32 bits per heavy atom. The molecule has 150 valence electrons. The Labute approximate surface area is 170 Å². The summed E-state index contributed by atoms with van der Waals surface area (Å²) in [6, 6.07) is 7.83. The van der Waals surface area contributed by atoms with Gasteiger partial charge in [0.2, 0.25) is 0 Å². The van der Waals surface area contributed by atoms with E-state index in [2.05, 4.69) is 26.1 Å². The van der Waals surface area contributed by atoms with E-state index < -0.39 is 5.91 Å². The topological polar surface area (TPSA) is 81.4 Å². The molecule has 1 aromatic heterocycles. The van der Waals surface area contributed by atoms with Crippen molar-refractivity contribution in [3.05, 3.63) is 45.8 Å². The zero-order valence-electron chi connectivity index (χ0n) is 16.7. The normalized spacial score (nSPS) is 16.9.